The number of aromatic nitrogens is 2. The summed E-state index contributed by atoms with van der Waals surface area (Å²) >= 11 is 3.25. The molecular weight excluding hydrogens is 273 g/mol. The molecule has 84 valence electrons. The maximum absolute atomic E-state index is 13.1. The molecule has 1 aromatic carbocycles. The van der Waals surface area contributed by atoms with Crippen LogP contribution >= 0.6 is 15.9 Å². The maximum Gasteiger partial charge on any atom is 0.148 e. The largest absolute Gasteiger partial charge is 0.382 e. The van der Waals surface area contributed by atoms with Gasteiger partial charge in [-0.25, -0.2) is 4.39 Å². The topological polar surface area (TPSA) is 43.8 Å². The van der Waals surface area contributed by atoms with Crippen molar-refractivity contribution in [3.8, 4) is 0 Å². The summed E-state index contributed by atoms with van der Waals surface area (Å²) in [5.74, 6) is 0.247. The van der Waals surface area contributed by atoms with Crippen LogP contribution in [-0.2, 0) is 6.54 Å². The van der Waals surface area contributed by atoms with Gasteiger partial charge in [0.15, 0.2) is 0 Å². The van der Waals surface area contributed by atoms with E-state index in [4.69, 9.17) is 5.73 Å². The lowest BCUT2D eigenvalue weighted by Crippen LogP contribution is -2.01. The Kier molecular flexibility index (Phi) is 2.96. The quantitative estimate of drug-likeness (QED) is 0.921. The number of nitrogens with zero attached hydrogens (tertiary/aromatic N) is 2. The number of hydrogen-bond acceptors (Lipinski definition) is 2. The monoisotopic (exact) mass is 283 g/mol. The summed E-state index contributed by atoms with van der Waals surface area (Å²) in [6.45, 7) is 2.40. The van der Waals surface area contributed by atoms with Crippen molar-refractivity contribution in [3.63, 3.8) is 0 Å². The number of nitrogens with two attached hydrogens (primary N) is 1. The lowest BCUT2D eigenvalue weighted by atomic mass is 10.2. The van der Waals surface area contributed by atoms with Gasteiger partial charge >= 0.3 is 0 Å². The van der Waals surface area contributed by atoms with E-state index in [2.05, 4.69) is 21.0 Å². The van der Waals surface area contributed by atoms with Crippen LogP contribution < -0.4 is 5.73 Å². The number of halogens is 2. The van der Waals surface area contributed by atoms with E-state index < -0.39 is 0 Å². The van der Waals surface area contributed by atoms with Crippen molar-refractivity contribution in [2.45, 2.75) is 13.5 Å². The zero-order chi connectivity index (χ0) is 11.7. The van der Waals surface area contributed by atoms with Crippen molar-refractivity contribution in [3.05, 3.63) is 45.8 Å². The van der Waals surface area contributed by atoms with Gasteiger partial charge in [-0.2, -0.15) is 5.10 Å². The first-order chi connectivity index (χ1) is 7.54. The molecule has 1 aromatic heterocycles. The molecule has 0 aliphatic rings. The highest BCUT2D eigenvalue weighted by molar-refractivity contribution is 9.10. The van der Waals surface area contributed by atoms with Gasteiger partial charge < -0.3 is 5.73 Å². The van der Waals surface area contributed by atoms with Gasteiger partial charge in [0, 0.05) is 16.2 Å². The molecule has 0 bridgehead atoms. The highest BCUT2D eigenvalue weighted by atomic mass is 79.9. The van der Waals surface area contributed by atoms with E-state index in [9.17, 15) is 4.39 Å². The fourth-order valence-electron chi connectivity index (χ4n) is 1.51. The number of rotatable bonds is 2. The van der Waals surface area contributed by atoms with E-state index in [1.165, 1.54) is 12.1 Å². The van der Waals surface area contributed by atoms with Crippen LogP contribution in [0.1, 0.15) is 11.1 Å². The Hall–Kier alpha value is -1.36. The number of anilines is 1. The molecule has 0 radical (unpaired) electrons. The number of nitrogen functional groups attached to an aromatic ring is 1. The summed E-state index contributed by atoms with van der Waals surface area (Å²) in [7, 11) is 0. The molecule has 0 saturated heterocycles. The Balaban J connectivity index is 2.26. The average Bonchev–Trinajstić information content (AvgIpc) is 2.43. The third-order valence-electron chi connectivity index (χ3n) is 2.25. The van der Waals surface area contributed by atoms with Gasteiger partial charge in [0.25, 0.3) is 0 Å². The highest BCUT2D eigenvalue weighted by Crippen LogP contribution is 2.16. The molecule has 16 heavy (non-hydrogen) atoms. The zero-order valence-electron chi connectivity index (χ0n) is 8.74. The van der Waals surface area contributed by atoms with Crippen LogP contribution in [0.2, 0.25) is 0 Å². The lowest BCUT2D eigenvalue weighted by Gasteiger charge is -2.03. The molecule has 0 saturated carbocycles. The molecule has 0 spiro atoms. The Morgan fingerprint density at radius 2 is 2.19 bits per heavy atom. The molecule has 2 rings (SSSR count). The van der Waals surface area contributed by atoms with Gasteiger partial charge in [-0.3, -0.25) is 4.68 Å². The van der Waals surface area contributed by atoms with Gasteiger partial charge in [-0.05, 0) is 30.7 Å². The van der Waals surface area contributed by atoms with Crippen molar-refractivity contribution in [2.75, 3.05) is 5.73 Å². The summed E-state index contributed by atoms with van der Waals surface area (Å²) < 4.78 is 15.6. The second kappa shape index (κ2) is 4.25. The first-order valence-electron chi connectivity index (χ1n) is 4.79. The predicted molar refractivity (Wildman–Crippen MR) is 64.6 cm³/mol. The fraction of sp³-hybridized carbons (Fsp3) is 0.182. The standard InChI is InChI=1S/C11H11BrFN3/c1-7-5-16(15-11(7)14)6-8-2-9(12)4-10(13)3-8/h2-5H,6H2,1H3,(H2,14,15). The number of hydrogen-bond donors (Lipinski definition) is 1. The molecule has 3 nitrogen and oxygen atoms in total. The van der Waals surface area contributed by atoms with Gasteiger partial charge in [0.2, 0.25) is 0 Å². The molecule has 2 N–H and O–H groups in total. The predicted octanol–water partition coefficient (Wildman–Crippen LogP) is 2.72. The van der Waals surface area contributed by atoms with E-state index in [1.54, 1.807) is 4.68 Å². The van der Waals surface area contributed by atoms with Crippen LogP contribution in [0.15, 0.2) is 28.9 Å². The third-order valence-corrected chi connectivity index (χ3v) is 2.71. The second-order valence-corrected chi connectivity index (χ2v) is 4.59. The molecule has 1 heterocycles. The lowest BCUT2D eigenvalue weighted by molar-refractivity contribution is 0.618. The van der Waals surface area contributed by atoms with Gasteiger partial charge in [-0.15, -0.1) is 0 Å². The smallest absolute Gasteiger partial charge is 0.148 e. The van der Waals surface area contributed by atoms with Crippen LogP contribution in [0.4, 0.5) is 10.2 Å². The van der Waals surface area contributed by atoms with Gasteiger partial charge in [0.1, 0.15) is 11.6 Å². The summed E-state index contributed by atoms with van der Waals surface area (Å²) in [5.41, 5.74) is 7.41. The zero-order valence-corrected chi connectivity index (χ0v) is 10.3. The van der Waals surface area contributed by atoms with Crippen LogP contribution in [0.25, 0.3) is 0 Å². The fourth-order valence-corrected chi connectivity index (χ4v) is 2.02. The Morgan fingerprint density at radius 1 is 1.44 bits per heavy atom. The molecule has 5 heteroatoms. The van der Waals surface area contributed by atoms with Crippen LogP contribution in [-0.4, -0.2) is 9.78 Å². The van der Waals surface area contributed by atoms with E-state index in [1.807, 2.05) is 19.2 Å². The van der Waals surface area contributed by atoms with Crippen molar-refractivity contribution < 1.29 is 4.39 Å². The van der Waals surface area contributed by atoms with E-state index in [-0.39, 0.29) is 5.82 Å². The Morgan fingerprint density at radius 3 is 2.75 bits per heavy atom. The maximum atomic E-state index is 13.1. The molecule has 0 fully saturated rings. The summed E-state index contributed by atoms with van der Waals surface area (Å²) in [5, 5.41) is 4.12. The van der Waals surface area contributed by atoms with Crippen molar-refractivity contribution >= 4 is 21.7 Å². The van der Waals surface area contributed by atoms with Gasteiger partial charge in [-0.1, -0.05) is 15.9 Å². The van der Waals surface area contributed by atoms with Crippen LogP contribution in [0.5, 0.6) is 0 Å². The summed E-state index contributed by atoms with van der Waals surface area (Å²) in [6.07, 6.45) is 1.84. The third kappa shape index (κ3) is 2.41. The first kappa shape index (κ1) is 11.1. The molecule has 2 aromatic rings. The SMILES string of the molecule is Cc1cn(Cc2cc(F)cc(Br)c2)nc1N. The normalized spacial score (nSPS) is 10.7. The van der Waals surface area contributed by atoms with E-state index >= 15 is 0 Å². The Bertz CT molecular complexity index is 482. The van der Waals surface area contributed by atoms with Crippen LogP contribution in [0.3, 0.4) is 0 Å². The average molecular weight is 284 g/mol. The minimum atomic E-state index is -0.263. The van der Waals surface area contributed by atoms with Crippen molar-refractivity contribution in [1.82, 2.24) is 9.78 Å². The number of aryl methyl sites for hydroxylation is 1. The molecule has 0 amide bonds. The van der Waals surface area contributed by atoms with Gasteiger partial charge in [0.05, 0.1) is 6.54 Å². The molecule has 0 aliphatic carbocycles. The minimum Gasteiger partial charge on any atom is -0.382 e. The first-order valence-corrected chi connectivity index (χ1v) is 5.58. The summed E-state index contributed by atoms with van der Waals surface area (Å²) in [4.78, 5) is 0. The molecule has 0 unspecified atom stereocenters. The van der Waals surface area contributed by atoms with E-state index in [0.717, 1.165) is 15.6 Å². The van der Waals surface area contributed by atoms with E-state index in [0.29, 0.717) is 12.4 Å². The minimum absolute atomic E-state index is 0.263. The molecular formula is C11H11BrFN3. The molecule has 0 atom stereocenters. The van der Waals surface area contributed by atoms with Crippen molar-refractivity contribution in [1.29, 1.82) is 0 Å². The second-order valence-electron chi connectivity index (χ2n) is 3.67. The summed E-state index contributed by atoms with van der Waals surface area (Å²) in [6, 6.07) is 4.76. The Labute approximate surface area is 101 Å². The highest BCUT2D eigenvalue weighted by Gasteiger charge is 2.03. The van der Waals surface area contributed by atoms with Crippen molar-refractivity contribution in [2.24, 2.45) is 0 Å². The van der Waals surface area contributed by atoms with Crippen LogP contribution in [0, 0.1) is 12.7 Å². The number of benzene rings is 1. The molecule has 0 aliphatic heterocycles.